The molecule has 0 unspecified atom stereocenters. The Bertz CT molecular complexity index is 2110. The summed E-state index contributed by atoms with van der Waals surface area (Å²) in [7, 11) is 0. The van der Waals surface area contributed by atoms with Gasteiger partial charge in [-0.05, 0) is 70.1 Å². The second kappa shape index (κ2) is 8.57. The fourth-order valence-electron chi connectivity index (χ4n) is 5.39. The molecule has 0 fully saturated rings. The van der Waals surface area contributed by atoms with E-state index in [1.165, 1.54) is 5.39 Å². The maximum absolute atomic E-state index is 6.65. The first-order valence-corrected chi connectivity index (χ1v) is 12.8. The number of benzene rings is 4. The second-order valence-corrected chi connectivity index (χ2v) is 9.58. The maximum atomic E-state index is 6.65. The van der Waals surface area contributed by atoms with Crippen molar-refractivity contribution in [2.45, 2.75) is 0 Å². The highest BCUT2D eigenvalue weighted by molar-refractivity contribution is 6.23. The molecule has 4 aromatic heterocycles. The lowest BCUT2D eigenvalue weighted by Gasteiger charge is -2.10. The highest BCUT2D eigenvalue weighted by atomic mass is 16.3. The van der Waals surface area contributed by atoms with Crippen LogP contribution in [0.4, 0.5) is 0 Å². The predicted octanol–water partition coefficient (Wildman–Crippen LogP) is 8.47. The van der Waals surface area contributed by atoms with E-state index in [9.17, 15) is 0 Å². The minimum atomic E-state index is 0.607. The number of furan rings is 1. The van der Waals surface area contributed by atoms with Gasteiger partial charge in [-0.3, -0.25) is 9.97 Å². The van der Waals surface area contributed by atoms with Crippen LogP contribution in [-0.2, 0) is 0 Å². The van der Waals surface area contributed by atoms with E-state index >= 15 is 0 Å². The highest BCUT2D eigenvalue weighted by Crippen LogP contribution is 2.42. The first-order chi connectivity index (χ1) is 19.3. The zero-order valence-corrected chi connectivity index (χ0v) is 20.7. The number of hydrogen-bond acceptors (Lipinski definition) is 5. The Hall–Kier alpha value is -5.42. The third kappa shape index (κ3) is 3.55. The van der Waals surface area contributed by atoms with Crippen LogP contribution in [0.2, 0.25) is 0 Å². The molecule has 5 heteroatoms. The van der Waals surface area contributed by atoms with Gasteiger partial charge in [0.2, 0.25) is 0 Å². The zero-order valence-electron chi connectivity index (χ0n) is 20.7. The number of hydrogen-bond donors (Lipinski definition) is 0. The van der Waals surface area contributed by atoms with E-state index in [1.54, 1.807) is 24.8 Å². The third-order valence-electron chi connectivity index (χ3n) is 7.25. The maximum Gasteiger partial charge on any atom is 0.164 e. The molecule has 0 radical (unpaired) electrons. The zero-order chi connectivity index (χ0) is 25.8. The molecular formula is C34H20N4O. The Morgan fingerprint density at radius 3 is 1.77 bits per heavy atom. The summed E-state index contributed by atoms with van der Waals surface area (Å²) in [5, 5.41) is 6.74. The fourth-order valence-corrected chi connectivity index (χ4v) is 5.39. The van der Waals surface area contributed by atoms with Gasteiger partial charge in [0, 0.05) is 46.7 Å². The minimum Gasteiger partial charge on any atom is -0.455 e. The molecule has 0 amide bonds. The summed E-state index contributed by atoms with van der Waals surface area (Å²) >= 11 is 0. The number of rotatable bonds is 3. The standard InChI is InChI=1S/C34H20N4O/c1-2-6-24-19-31-27(17-23(24)5-1)32-26-8-4-3-7-25(26)18-28(33(32)39-31)34-37-29(21-9-13-35-14-10-21)20-30(38-34)22-11-15-36-16-12-22/h1-20H. The van der Waals surface area contributed by atoms with Gasteiger partial charge in [0.15, 0.2) is 5.82 Å². The molecule has 0 aliphatic rings. The molecule has 4 heterocycles. The van der Waals surface area contributed by atoms with E-state index in [0.717, 1.165) is 66.2 Å². The molecule has 182 valence electrons. The van der Waals surface area contributed by atoms with Crippen molar-refractivity contribution >= 4 is 43.5 Å². The van der Waals surface area contributed by atoms with Crippen LogP contribution in [0.3, 0.4) is 0 Å². The van der Waals surface area contributed by atoms with Crippen LogP contribution in [-0.4, -0.2) is 19.9 Å². The Kier molecular flexibility index (Phi) is 4.76. The van der Waals surface area contributed by atoms with E-state index in [2.05, 4.69) is 76.7 Å². The fraction of sp³-hybridized carbons (Fsp3) is 0. The van der Waals surface area contributed by atoms with Crippen LogP contribution in [0.1, 0.15) is 0 Å². The average molecular weight is 501 g/mol. The van der Waals surface area contributed by atoms with Crippen LogP contribution in [0.15, 0.2) is 126 Å². The van der Waals surface area contributed by atoms with Gasteiger partial charge in [0.1, 0.15) is 11.2 Å². The van der Waals surface area contributed by atoms with Gasteiger partial charge in [-0.15, -0.1) is 0 Å². The molecule has 39 heavy (non-hydrogen) atoms. The number of nitrogens with zero attached hydrogens (tertiary/aromatic N) is 4. The summed E-state index contributed by atoms with van der Waals surface area (Å²) in [6.45, 7) is 0. The quantitative estimate of drug-likeness (QED) is 0.243. The third-order valence-corrected chi connectivity index (χ3v) is 7.25. The summed E-state index contributed by atoms with van der Waals surface area (Å²) in [4.78, 5) is 18.5. The van der Waals surface area contributed by atoms with Gasteiger partial charge in [-0.25, -0.2) is 9.97 Å². The van der Waals surface area contributed by atoms with Gasteiger partial charge >= 0.3 is 0 Å². The number of aromatic nitrogens is 4. The van der Waals surface area contributed by atoms with Crippen molar-refractivity contribution in [3.05, 3.63) is 122 Å². The molecule has 0 N–H and O–H groups in total. The Morgan fingerprint density at radius 2 is 1.10 bits per heavy atom. The smallest absolute Gasteiger partial charge is 0.164 e. The summed E-state index contributed by atoms with van der Waals surface area (Å²) in [6.07, 6.45) is 7.12. The monoisotopic (exact) mass is 500 g/mol. The van der Waals surface area contributed by atoms with Crippen molar-refractivity contribution in [1.29, 1.82) is 0 Å². The molecule has 4 aromatic carbocycles. The second-order valence-electron chi connectivity index (χ2n) is 9.58. The summed E-state index contributed by atoms with van der Waals surface area (Å²) in [5.41, 5.74) is 6.06. The normalized spacial score (nSPS) is 11.6. The average Bonchev–Trinajstić information content (AvgIpc) is 3.38. The van der Waals surface area contributed by atoms with Crippen molar-refractivity contribution in [2.24, 2.45) is 0 Å². The van der Waals surface area contributed by atoms with E-state index < -0.39 is 0 Å². The molecule has 8 aromatic rings. The topological polar surface area (TPSA) is 64.7 Å². The molecule has 0 spiro atoms. The number of fused-ring (bicyclic) bond motifs is 6. The van der Waals surface area contributed by atoms with Crippen LogP contribution < -0.4 is 0 Å². The van der Waals surface area contributed by atoms with Crippen molar-refractivity contribution < 1.29 is 4.42 Å². The Labute approximate surface area is 223 Å². The van der Waals surface area contributed by atoms with Crippen LogP contribution in [0.5, 0.6) is 0 Å². The molecule has 0 saturated heterocycles. The summed E-state index contributed by atoms with van der Waals surface area (Å²) in [6, 6.07) is 33.2. The van der Waals surface area contributed by atoms with Gasteiger partial charge in [-0.1, -0.05) is 48.5 Å². The van der Waals surface area contributed by atoms with E-state index in [1.807, 2.05) is 30.3 Å². The van der Waals surface area contributed by atoms with E-state index in [0.29, 0.717) is 5.82 Å². The molecule has 0 bridgehead atoms. The largest absolute Gasteiger partial charge is 0.455 e. The van der Waals surface area contributed by atoms with Gasteiger partial charge in [0.25, 0.3) is 0 Å². The molecular weight excluding hydrogens is 480 g/mol. The van der Waals surface area contributed by atoms with Gasteiger partial charge in [-0.2, -0.15) is 0 Å². The summed E-state index contributed by atoms with van der Waals surface area (Å²) in [5.74, 6) is 0.607. The molecule has 0 aliphatic carbocycles. The van der Waals surface area contributed by atoms with Crippen molar-refractivity contribution in [3.63, 3.8) is 0 Å². The van der Waals surface area contributed by atoms with Crippen molar-refractivity contribution in [2.75, 3.05) is 0 Å². The number of pyridine rings is 2. The SMILES string of the molecule is c1ccc2cc3c(cc2c1)oc1c(-c2nc(-c4ccncc4)cc(-c4ccncc4)n2)cc2ccccc2c13. The lowest BCUT2D eigenvalue weighted by Crippen LogP contribution is -1.96. The van der Waals surface area contributed by atoms with E-state index in [4.69, 9.17) is 14.4 Å². The van der Waals surface area contributed by atoms with Crippen LogP contribution >= 0.6 is 0 Å². The first kappa shape index (κ1) is 21.6. The van der Waals surface area contributed by atoms with Gasteiger partial charge in [0.05, 0.1) is 17.0 Å². The molecule has 8 rings (SSSR count). The summed E-state index contributed by atoms with van der Waals surface area (Å²) < 4.78 is 6.65. The first-order valence-electron chi connectivity index (χ1n) is 12.8. The Balaban J connectivity index is 1.48. The van der Waals surface area contributed by atoms with E-state index in [-0.39, 0.29) is 0 Å². The van der Waals surface area contributed by atoms with Crippen LogP contribution in [0, 0.1) is 0 Å². The minimum absolute atomic E-state index is 0.607. The Morgan fingerprint density at radius 1 is 0.513 bits per heavy atom. The van der Waals surface area contributed by atoms with Crippen molar-refractivity contribution in [3.8, 4) is 33.9 Å². The lowest BCUT2D eigenvalue weighted by molar-refractivity contribution is 0.670. The lowest BCUT2D eigenvalue weighted by atomic mass is 9.98. The molecule has 5 nitrogen and oxygen atoms in total. The van der Waals surface area contributed by atoms with Crippen molar-refractivity contribution in [1.82, 2.24) is 19.9 Å². The molecule has 0 atom stereocenters. The van der Waals surface area contributed by atoms with Crippen LogP contribution in [0.25, 0.3) is 77.4 Å². The van der Waals surface area contributed by atoms with Gasteiger partial charge < -0.3 is 4.42 Å². The molecule has 0 saturated carbocycles. The highest BCUT2D eigenvalue weighted by Gasteiger charge is 2.20. The molecule has 0 aliphatic heterocycles. The predicted molar refractivity (Wildman–Crippen MR) is 156 cm³/mol.